The molecule has 13 heteroatoms. The summed E-state index contributed by atoms with van der Waals surface area (Å²) in [6.07, 6.45) is 7.45. The van der Waals surface area contributed by atoms with Gasteiger partial charge in [-0.05, 0) is 68.3 Å². The zero-order valence-corrected chi connectivity index (χ0v) is 29.6. The standard InChI is InChI=1S/C39H40N6O6S/c1-24(46)39-21-26(39)12-6-3-2-4-9-17-31(42-34(47)25-18-19-52-23-25)38(50)45-22-28(20-32(45)35(48)44-39)51-37-33(36(49)40-27-13-7-5-8-14-27)41-29-15-10-11-16-30(29)43-37/h5-8,10-16,18-19,23,26,28,31-32H,2-4,9,17,20-22H2,1H3,(H,40,49)(H,42,47)(H,44,48)/b12-6-/t26-,28?,31+,32+,39+/m1/s1. The molecule has 52 heavy (non-hydrogen) atoms. The molecule has 5 atom stereocenters. The van der Waals surface area contributed by atoms with Gasteiger partial charge in [0.25, 0.3) is 11.8 Å². The molecular formula is C39H40N6O6S. The van der Waals surface area contributed by atoms with Crippen LogP contribution in [0.3, 0.4) is 0 Å². The number of nitrogens with zero attached hydrogens (tertiary/aromatic N) is 3. The molecule has 7 rings (SSSR count). The van der Waals surface area contributed by atoms with Crippen molar-refractivity contribution in [3.8, 4) is 5.88 Å². The molecule has 4 aromatic rings. The van der Waals surface area contributed by atoms with Gasteiger partial charge in [0.05, 0.1) is 23.1 Å². The molecule has 0 bridgehead atoms. The maximum absolute atomic E-state index is 14.5. The maximum Gasteiger partial charge on any atom is 0.279 e. The van der Waals surface area contributed by atoms with Crippen LogP contribution in [0, 0.1) is 5.92 Å². The third-order valence-electron chi connectivity index (χ3n) is 10.0. The largest absolute Gasteiger partial charge is 0.471 e. The van der Waals surface area contributed by atoms with Gasteiger partial charge in [-0.1, -0.05) is 55.3 Å². The molecule has 12 nitrogen and oxygen atoms in total. The molecule has 2 aliphatic heterocycles. The van der Waals surface area contributed by atoms with Gasteiger partial charge < -0.3 is 25.6 Å². The minimum Gasteiger partial charge on any atom is -0.471 e. The number of anilines is 1. The molecule has 268 valence electrons. The van der Waals surface area contributed by atoms with Crippen molar-refractivity contribution in [2.45, 2.75) is 75.6 Å². The van der Waals surface area contributed by atoms with E-state index in [1.165, 1.54) is 23.2 Å². The molecule has 3 N–H and O–H groups in total. The highest BCUT2D eigenvalue weighted by Crippen LogP contribution is 2.46. The predicted octanol–water partition coefficient (Wildman–Crippen LogP) is 5.07. The number of benzene rings is 2. The molecular weight excluding hydrogens is 681 g/mol. The first-order valence-electron chi connectivity index (χ1n) is 17.6. The SMILES string of the molecule is CC(=O)[C@@]12C[C@H]1/C=C\CCCCC[C@H](NC(=O)c1ccsc1)C(=O)N1CC(Oc3nc4ccccc4nc3C(=O)Nc3ccccc3)C[C@H]1C(=O)N2. The van der Waals surface area contributed by atoms with Crippen molar-refractivity contribution in [2.75, 3.05) is 11.9 Å². The summed E-state index contributed by atoms with van der Waals surface area (Å²) in [6.45, 7) is 1.45. The summed E-state index contributed by atoms with van der Waals surface area (Å²) in [5.41, 5.74) is 0.921. The van der Waals surface area contributed by atoms with Crippen LogP contribution in [-0.2, 0) is 14.4 Å². The topological polar surface area (TPSA) is 160 Å². The number of thiophene rings is 1. The number of hydrogen-bond donors (Lipinski definition) is 3. The number of hydrogen-bond acceptors (Lipinski definition) is 9. The van der Waals surface area contributed by atoms with Crippen molar-refractivity contribution in [1.29, 1.82) is 0 Å². The van der Waals surface area contributed by atoms with Crippen LogP contribution in [0.1, 0.15) is 72.7 Å². The second-order valence-electron chi connectivity index (χ2n) is 13.6. The highest BCUT2D eigenvalue weighted by Gasteiger charge is 2.59. The first-order chi connectivity index (χ1) is 25.2. The van der Waals surface area contributed by atoms with Crippen LogP contribution in [-0.4, -0.2) is 74.6 Å². The lowest BCUT2D eigenvalue weighted by molar-refractivity contribution is -0.141. The van der Waals surface area contributed by atoms with E-state index in [0.717, 1.165) is 19.3 Å². The number of ether oxygens (including phenoxy) is 1. The fourth-order valence-electron chi connectivity index (χ4n) is 7.06. The molecule has 1 unspecified atom stereocenters. The summed E-state index contributed by atoms with van der Waals surface area (Å²) < 4.78 is 6.42. The van der Waals surface area contributed by atoms with Crippen LogP contribution in [0.5, 0.6) is 5.88 Å². The Bertz CT molecular complexity index is 2020. The normalized spacial score (nSPS) is 25.4. The Kier molecular flexibility index (Phi) is 10.1. The number of aromatic nitrogens is 2. The number of allylic oxidation sites excluding steroid dienone is 1. The van der Waals surface area contributed by atoms with E-state index in [4.69, 9.17) is 4.74 Å². The number of nitrogens with one attached hydrogen (secondary N) is 3. The first kappa shape index (κ1) is 35.0. The predicted molar refractivity (Wildman–Crippen MR) is 196 cm³/mol. The summed E-state index contributed by atoms with van der Waals surface area (Å²) in [5, 5.41) is 12.3. The lowest BCUT2D eigenvalue weighted by Crippen LogP contribution is -2.56. The lowest BCUT2D eigenvalue weighted by atomic mass is 10.0. The molecule has 1 aliphatic carbocycles. The monoisotopic (exact) mass is 720 g/mol. The third kappa shape index (κ3) is 7.45. The summed E-state index contributed by atoms with van der Waals surface area (Å²) in [7, 11) is 0. The van der Waals surface area contributed by atoms with Crippen LogP contribution in [0.15, 0.2) is 83.6 Å². The Morgan fingerprint density at radius 3 is 2.48 bits per heavy atom. The quantitative estimate of drug-likeness (QED) is 0.223. The number of ketones is 1. The number of carbonyl (C=O) groups is 5. The van der Waals surface area contributed by atoms with E-state index in [2.05, 4.69) is 32.0 Å². The molecule has 4 heterocycles. The van der Waals surface area contributed by atoms with Gasteiger partial charge in [-0.25, -0.2) is 9.97 Å². The van der Waals surface area contributed by atoms with E-state index in [0.29, 0.717) is 41.5 Å². The zero-order valence-electron chi connectivity index (χ0n) is 28.7. The maximum atomic E-state index is 14.5. The Balaban J connectivity index is 1.20. The van der Waals surface area contributed by atoms with Gasteiger partial charge in [0.15, 0.2) is 11.5 Å². The third-order valence-corrected chi connectivity index (χ3v) is 10.7. The summed E-state index contributed by atoms with van der Waals surface area (Å²) in [6, 6.07) is 15.8. The van der Waals surface area contributed by atoms with Crippen molar-refractivity contribution in [2.24, 2.45) is 5.92 Å². The Labute approximate surface area is 305 Å². The minimum absolute atomic E-state index is 0.0214. The number of fused-ring (bicyclic) bond motifs is 3. The average molecular weight is 721 g/mol. The minimum atomic E-state index is -1.04. The van der Waals surface area contributed by atoms with E-state index in [9.17, 15) is 24.0 Å². The van der Waals surface area contributed by atoms with Gasteiger partial charge in [-0.2, -0.15) is 11.3 Å². The molecule has 0 spiro atoms. The number of carbonyl (C=O) groups excluding carboxylic acids is 5. The highest BCUT2D eigenvalue weighted by molar-refractivity contribution is 7.08. The van der Waals surface area contributed by atoms with Crippen molar-refractivity contribution in [3.05, 3.63) is 94.8 Å². The molecule has 1 saturated carbocycles. The summed E-state index contributed by atoms with van der Waals surface area (Å²) in [4.78, 5) is 79.1. The molecule has 2 aromatic carbocycles. The number of amides is 4. The van der Waals surface area contributed by atoms with Crippen LogP contribution in [0.25, 0.3) is 11.0 Å². The molecule has 1 saturated heterocycles. The van der Waals surface area contributed by atoms with Crippen molar-refractivity contribution >= 4 is 57.5 Å². The van der Waals surface area contributed by atoms with Gasteiger partial charge in [0, 0.05) is 23.4 Å². The number of Topliss-reactive ketones (excluding diaryl/α,β-unsaturated/α-hetero) is 1. The Morgan fingerprint density at radius 1 is 0.962 bits per heavy atom. The van der Waals surface area contributed by atoms with Crippen LogP contribution < -0.4 is 20.7 Å². The average Bonchev–Trinajstić information content (AvgIpc) is 3.44. The Morgan fingerprint density at radius 2 is 1.73 bits per heavy atom. The first-order valence-corrected chi connectivity index (χ1v) is 18.6. The van der Waals surface area contributed by atoms with Gasteiger partial charge in [-0.3, -0.25) is 24.0 Å². The fraction of sp³-hybridized carbons (Fsp3) is 0.359. The van der Waals surface area contributed by atoms with Gasteiger partial charge in [0.1, 0.15) is 23.7 Å². The highest BCUT2D eigenvalue weighted by atomic mass is 32.1. The van der Waals surface area contributed by atoms with Crippen LogP contribution >= 0.6 is 11.3 Å². The van der Waals surface area contributed by atoms with E-state index < -0.39 is 41.4 Å². The van der Waals surface area contributed by atoms with Crippen molar-refractivity contribution < 1.29 is 28.7 Å². The van der Waals surface area contributed by atoms with Crippen LogP contribution in [0.2, 0.25) is 0 Å². The number of para-hydroxylation sites is 3. The van der Waals surface area contributed by atoms with E-state index in [-0.39, 0.29) is 42.1 Å². The number of rotatable bonds is 7. The van der Waals surface area contributed by atoms with Gasteiger partial charge >= 0.3 is 0 Å². The molecule has 0 radical (unpaired) electrons. The van der Waals surface area contributed by atoms with Gasteiger partial charge in [0.2, 0.25) is 17.7 Å². The van der Waals surface area contributed by atoms with E-state index >= 15 is 0 Å². The van der Waals surface area contributed by atoms with E-state index in [1.54, 1.807) is 65.4 Å². The summed E-state index contributed by atoms with van der Waals surface area (Å²) in [5.74, 6) is -2.12. The smallest absolute Gasteiger partial charge is 0.279 e. The van der Waals surface area contributed by atoms with Crippen molar-refractivity contribution in [1.82, 2.24) is 25.5 Å². The lowest BCUT2D eigenvalue weighted by Gasteiger charge is -2.29. The molecule has 2 fully saturated rings. The van der Waals surface area contributed by atoms with E-state index in [1.807, 2.05) is 12.1 Å². The molecule has 3 aliphatic rings. The van der Waals surface area contributed by atoms with Gasteiger partial charge in [-0.15, -0.1) is 0 Å². The second-order valence-corrected chi connectivity index (χ2v) is 14.4. The van der Waals surface area contributed by atoms with Crippen LogP contribution in [0.4, 0.5) is 5.69 Å². The Hall–Kier alpha value is -5.43. The van der Waals surface area contributed by atoms with Crippen molar-refractivity contribution in [3.63, 3.8) is 0 Å². The fourth-order valence-corrected chi connectivity index (χ4v) is 7.70. The zero-order chi connectivity index (χ0) is 36.2. The molecule has 4 amide bonds. The molecule has 2 aromatic heterocycles. The second kappa shape index (κ2) is 15.0. The summed E-state index contributed by atoms with van der Waals surface area (Å²) >= 11 is 1.38.